The molecular weight excluding hydrogens is 286 g/mol. The zero-order valence-electron chi connectivity index (χ0n) is 12.1. The van der Waals surface area contributed by atoms with Crippen molar-refractivity contribution >= 4 is 28.5 Å². The maximum absolute atomic E-state index is 10.2. The maximum atomic E-state index is 10.2. The Kier molecular flexibility index (Phi) is 4.27. The summed E-state index contributed by atoms with van der Waals surface area (Å²) < 4.78 is 0. The Balaban J connectivity index is 1.75. The molecule has 2 aromatic rings. The summed E-state index contributed by atoms with van der Waals surface area (Å²) >= 11 is 6.17. The van der Waals surface area contributed by atoms with Gasteiger partial charge >= 0.3 is 0 Å². The Bertz CT molecular complexity index is 641. The van der Waals surface area contributed by atoms with Gasteiger partial charge in [0.05, 0.1) is 17.1 Å². The fourth-order valence-corrected chi connectivity index (χ4v) is 3.17. The van der Waals surface area contributed by atoms with Gasteiger partial charge in [-0.1, -0.05) is 30.5 Å². The van der Waals surface area contributed by atoms with Crippen molar-refractivity contribution in [3.8, 4) is 0 Å². The second kappa shape index (κ2) is 6.16. The predicted molar refractivity (Wildman–Crippen MR) is 85.7 cm³/mol. The number of aliphatic hydroxyl groups excluding tert-OH is 1. The van der Waals surface area contributed by atoms with Crippen molar-refractivity contribution in [2.75, 3.05) is 11.9 Å². The topological polar surface area (TPSA) is 58.0 Å². The third kappa shape index (κ3) is 3.27. The van der Waals surface area contributed by atoms with Gasteiger partial charge in [-0.3, -0.25) is 0 Å². The highest BCUT2D eigenvalue weighted by molar-refractivity contribution is 6.32. The van der Waals surface area contributed by atoms with Gasteiger partial charge in [-0.05, 0) is 43.4 Å². The number of benzene rings is 1. The first-order chi connectivity index (χ1) is 10.1. The van der Waals surface area contributed by atoms with Gasteiger partial charge in [-0.15, -0.1) is 0 Å². The Labute approximate surface area is 129 Å². The van der Waals surface area contributed by atoms with E-state index in [1.807, 2.05) is 25.1 Å². The molecule has 0 saturated heterocycles. The molecule has 21 heavy (non-hydrogen) atoms. The number of aromatic nitrogens is 2. The van der Waals surface area contributed by atoms with E-state index < -0.39 is 0 Å². The lowest BCUT2D eigenvalue weighted by molar-refractivity contribution is 0.123. The molecule has 1 aromatic carbocycles. The number of halogens is 1. The van der Waals surface area contributed by atoms with Crippen LogP contribution in [0.3, 0.4) is 0 Å². The van der Waals surface area contributed by atoms with Crippen molar-refractivity contribution in [1.82, 2.24) is 9.97 Å². The summed E-state index contributed by atoms with van der Waals surface area (Å²) in [5.41, 5.74) is 2.74. The van der Waals surface area contributed by atoms with E-state index in [1.165, 1.54) is 12.8 Å². The number of nitrogens with zero attached hydrogens (tertiary/aromatic N) is 2. The van der Waals surface area contributed by atoms with Crippen LogP contribution in [0.1, 0.15) is 31.2 Å². The molecule has 4 nitrogen and oxygen atoms in total. The van der Waals surface area contributed by atoms with Crippen LogP contribution in [0.25, 0.3) is 11.0 Å². The van der Waals surface area contributed by atoms with Gasteiger partial charge in [0.15, 0.2) is 11.0 Å². The molecule has 1 aliphatic rings. The van der Waals surface area contributed by atoms with Gasteiger partial charge in [0.1, 0.15) is 0 Å². The molecule has 1 unspecified atom stereocenters. The molecule has 112 valence electrons. The third-order valence-corrected chi connectivity index (χ3v) is 4.46. The van der Waals surface area contributed by atoms with Gasteiger partial charge in [0.25, 0.3) is 0 Å². The van der Waals surface area contributed by atoms with Gasteiger partial charge in [0, 0.05) is 6.54 Å². The normalized spacial score (nSPS) is 17.3. The highest BCUT2D eigenvalue weighted by Crippen LogP contribution is 2.28. The van der Waals surface area contributed by atoms with Crippen molar-refractivity contribution in [3.05, 3.63) is 28.9 Å². The molecule has 0 bridgehead atoms. The largest absolute Gasteiger partial charge is 0.391 e. The van der Waals surface area contributed by atoms with Crippen LogP contribution in [-0.4, -0.2) is 27.7 Å². The zero-order chi connectivity index (χ0) is 14.8. The minimum absolute atomic E-state index is 0.349. The molecule has 0 spiro atoms. The summed E-state index contributed by atoms with van der Waals surface area (Å²) in [6, 6.07) is 5.89. The van der Waals surface area contributed by atoms with E-state index in [9.17, 15) is 5.11 Å². The number of fused-ring (bicyclic) bond motifs is 1. The average molecular weight is 306 g/mol. The highest BCUT2D eigenvalue weighted by Gasteiger charge is 2.23. The molecule has 0 aliphatic heterocycles. The van der Waals surface area contributed by atoms with Crippen LogP contribution < -0.4 is 5.32 Å². The molecule has 0 radical (unpaired) electrons. The number of anilines is 1. The summed E-state index contributed by atoms with van der Waals surface area (Å²) in [5, 5.41) is 13.7. The van der Waals surface area contributed by atoms with Crippen LogP contribution in [0.5, 0.6) is 0 Å². The number of hydrogen-bond donors (Lipinski definition) is 2. The van der Waals surface area contributed by atoms with E-state index >= 15 is 0 Å². The van der Waals surface area contributed by atoms with Crippen molar-refractivity contribution in [3.63, 3.8) is 0 Å². The van der Waals surface area contributed by atoms with Crippen LogP contribution in [0.15, 0.2) is 18.2 Å². The molecule has 2 N–H and O–H groups in total. The third-order valence-electron chi connectivity index (χ3n) is 4.20. The van der Waals surface area contributed by atoms with Crippen LogP contribution in [0.4, 0.5) is 5.82 Å². The van der Waals surface area contributed by atoms with E-state index in [-0.39, 0.29) is 6.10 Å². The molecule has 1 aromatic heterocycles. The second-order valence-corrected chi connectivity index (χ2v) is 6.21. The van der Waals surface area contributed by atoms with E-state index in [1.54, 1.807) is 0 Å². The lowest BCUT2D eigenvalue weighted by atomic mass is 10.0. The zero-order valence-corrected chi connectivity index (χ0v) is 12.9. The Morgan fingerprint density at radius 3 is 2.81 bits per heavy atom. The van der Waals surface area contributed by atoms with Crippen LogP contribution in [-0.2, 0) is 0 Å². The Hall–Kier alpha value is -1.39. The van der Waals surface area contributed by atoms with Crippen LogP contribution in [0.2, 0.25) is 5.15 Å². The standard InChI is InChI=1S/C16H20ClN3O/c1-10-6-7-12-13(8-10)20-16(15(17)19-12)18-9-14(21)11-4-2-3-5-11/h6-8,11,14,21H,2-5,9H2,1H3,(H,18,20). The van der Waals surface area contributed by atoms with Gasteiger partial charge in [0.2, 0.25) is 0 Å². The molecule has 1 saturated carbocycles. The summed E-state index contributed by atoms with van der Waals surface area (Å²) in [6.07, 6.45) is 4.31. The first-order valence-corrected chi connectivity index (χ1v) is 7.87. The summed E-state index contributed by atoms with van der Waals surface area (Å²) in [6.45, 7) is 2.49. The quantitative estimate of drug-likeness (QED) is 0.907. The van der Waals surface area contributed by atoms with E-state index in [4.69, 9.17) is 11.6 Å². The molecule has 3 rings (SSSR count). The maximum Gasteiger partial charge on any atom is 0.172 e. The molecule has 1 fully saturated rings. The Morgan fingerprint density at radius 1 is 1.29 bits per heavy atom. The lowest BCUT2D eigenvalue weighted by Gasteiger charge is -2.18. The Morgan fingerprint density at radius 2 is 2.05 bits per heavy atom. The van der Waals surface area contributed by atoms with E-state index in [0.29, 0.717) is 23.4 Å². The van der Waals surface area contributed by atoms with Crippen LogP contribution >= 0.6 is 11.6 Å². The molecule has 1 atom stereocenters. The molecular formula is C16H20ClN3O. The lowest BCUT2D eigenvalue weighted by Crippen LogP contribution is -2.27. The molecule has 0 amide bonds. The fourth-order valence-electron chi connectivity index (χ4n) is 2.97. The van der Waals surface area contributed by atoms with Gasteiger partial charge < -0.3 is 10.4 Å². The second-order valence-electron chi connectivity index (χ2n) is 5.85. The average Bonchev–Trinajstić information content (AvgIpc) is 2.99. The van der Waals surface area contributed by atoms with Crippen molar-refractivity contribution in [2.45, 2.75) is 38.7 Å². The summed E-state index contributed by atoms with van der Waals surface area (Å²) in [7, 11) is 0. The number of rotatable bonds is 4. The number of aliphatic hydroxyl groups is 1. The van der Waals surface area contributed by atoms with E-state index in [0.717, 1.165) is 29.4 Å². The smallest absolute Gasteiger partial charge is 0.172 e. The van der Waals surface area contributed by atoms with E-state index in [2.05, 4.69) is 15.3 Å². The van der Waals surface area contributed by atoms with Gasteiger partial charge in [-0.2, -0.15) is 0 Å². The fraction of sp³-hybridized carbons (Fsp3) is 0.500. The predicted octanol–water partition coefficient (Wildman–Crippen LogP) is 3.55. The highest BCUT2D eigenvalue weighted by atomic mass is 35.5. The first-order valence-electron chi connectivity index (χ1n) is 7.49. The molecule has 5 heteroatoms. The molecule has 1 aliphatic carbocycles. The minimum Gasteiger partial charge on any atom is -0.391 e. The number of aryl methyl sites for hydroxylation is 1. The van der Waals surface area contributed by atoms with Crippen molar-refractivity contribution in [2.24, 2.45) is 5.92 Å². The molecule has 1 heterocycles. The van der Waals surface area contributed by atoms with Crippen molar-refractivity contribution < 1.29 is 5.11 Å². The minimum atomic E-state index is -0.349. The summed E-state index contributed by atoms with van der Waals surface area (Å²) in [4.78, 5) is 8.87. The number of hydrogen-bond acceptors (Lipinski definition) is 4. The number of nitrogens with one attached hydrogen (secondary N) is 1. The van der Waals surface area contributed by atoms with Crippen molar-refractivity contribution in [1.29, 1.82) is 0 Å². The first kappa shape index (κ1) is 14.5. The van der Waals surface area contributed by atoms with Gasteiger partial charge in [-0.25, -0.2) is 9.97 Å². The monoisotopic (exact) mass is 305 g/mol. The summed E-state index contributed by atoms with van der Waals surface area (Å²) in [5.74, 6) is 0.943. The SMILES string of the molecule is Cc1ccc2nc(Cl)c(NCC(O)C3CCCC3)nc2c1. The van der Waals surface area contributed by atoms with Crippen LogP contribution in [0, 0.1) is 12.8 Å².